The Morgan fingerprint density at radius 3 is 2.38 bits per heavy atom. The van der Waals surface area contributed by atoms with Crippen LogP contribution in [0.1, 0.15) is 40.0 Å². The molecule has 0 fully saturated rings. The first-order valence-electron chi connectivity index (χ1n) is 5.05. The van der Waals surface area contributed by atoms with Gasteiger partial charge in [-0.25, -0.2) is 0 Å². The molecule has 0 aromatic carbocycles. The van der Waals surface area contributed by atoms with E-state index in [-0.39, 0.29) is 12.1 Å². The fourth-order valence-corrected chi connectivity index (χ4v) is 1.52. The van der Waals surface area contributed by atoms with Gasteiger partial charge >= 0.3 is 0 Å². The van der Waals surface area contributed by atoms with Crippen LogP contribution in [0.5, 0.6) is 0 Å². The van der Waals surface area contributed by atoms with Gasteiger partial charge in [-0.15, -0.1) is 0 Å². The third-order valence-electron chi connectivity index (χ3n) is 2.16. The predicted molar refractivity (Wildman–Crippen MR) is 55.3 cm³/mol. The smallest absolute Gasteiger partial charge is 0.207 e. The van der Waals surface area contributed by atoms with Crippen molar-refractivity contribution < 1.29 is 4.79 Å². The minimum absolute atomic E-state index is 0.206. The van der Waals surface area contributed by atoms with Crippen molar-refractivity contribution in [2.75, 3.05) is 0 Å². The molecule has 2 unspecified atom stereocenters. The van der Waals surface area contributed by atoms with Crippen molar-refractivity contribution in [3.8, 4) is 0 Å². The number of hydrogen-bond acceptors (Lipinski definition) is 2. The average Bonchev–Trinajstić information content (AvgIpc) is 2.02. The molecule has 3 heteroatoms. The van der Waals surface area contributed by atoms with E-state index < -0.39 is 0 Å². The van der Waals surface area contributed by atoms with Gasteiger partial charge in [0.25, 0.3) is 0 Å². The van der Waals surface area contributed by atoms with Crippen molar-refractivity contribution in [2.45, 2.75) is 52.1 Å². The van der Waals surface area contributed by atoms with Gasteiger partial charge in [0.1, 0.15) is 0 Å². The van der Waals surface area contributed by atoms with Crippen LogP contribution in [0.15, 0.2) is 0 Å². The number of carbonyl (C=O) groups excluding carboxylic acids is 1. The standard InChI is InChI=1S/C10H22N2O/c1-4-10(12-7-13)6-9(11)5-8(2)3/h7-10H,4-6,11H2,1-3H3,(H,12,13). The summed E-state index contributed by atoms with van der Waals surface area (Å²) in [4.78, 5) is 10.2. The van der Waals surface area contributed by atoms with E-state index in [1.54, 1.807) is 0 Å². The van der Waals surface area contributed by atoms with Crippen molar-refractivity contribution >= 4 is 6.41 Å². The van der Waals surface area contributed by atoms with Crippen LogP contribution in [0.3, 0.4) is 0 Å². The average molecular weight is 186 g/mol. The summed E-state index contributed by atoms with van der Waals surface area (Å²) in [6.07, 6.45) is 3.62. The fraction of sp³-hybridized carbons (Fsp3) is 0.900. The summed E-state index contributed by atoms with van der Waals surface area (Å²) in [5.41, 5.74) is 5.93. The lowest BCUT2D eigenvalue weighted by atomic mass is 9.97. The number of hydrogen-bond donors (Lipinski definition) is 2. The van der Waals surface area contributed by atoms with Crippen molar-refractivity contribution in [1.82, 2.24) is 5.32 Å². The summed E-state index contributed by atoms with van der Waals surface area (Å²) in [5, 5.41) is 2.78. The first-order valence-corrected chi connectivity index (χ1v) is 5.05. The molecule has 0 aromatic rings. The third kappa shape index (κ3) is 6.58. The molecule has 0 aliphatic carbocycles. The van der Waals surface area contributed by atoms with Crippen molar-refractivity contribution in [3.05, 3.63) is 0 Å². The lowest BCUT2D eigenvalue weighted by molar-refractivity contribution is -0.110. The Kier molecular flexibility index (Phi) is 6.59. The number of nitrogens with two attached hydrogens (primary N) is 1. The molecule has 13 heavy (non-hydrogen) atoms. The van der Waals surface area contributed by atoms with Crippen LogP contribution in [-0.4, -0.2) is 18.5 Å². The van der Waals surface area contributed by atoms with Crippen LogP contribution in [0.4, 0.5) is 0 Å². The molecule has 78 valence electrons. The second-order valence-electron chi connectivity index (χ2n) is 4.02. The van der Waals surface area contributed by atoms with Crippen molar-refractivity contribution in [2.24, 2.45) is 11.7 Å². The maximum Gasteiger partial charge on any atom is 0.207 e. The van der Waals surface area contributed by atoms with Gasteiger partial charge in [0.05, 0.1) is 0 Å². The van der Waals surface area contributed by atoms with Crippen LogP contribution < -0.4 is 11.1 Å². The molecule has 0 spiro atoms. The maximum absolute atomic E-state index is 10.2. The number of amides is 1. The second-order valence-corrected chi connectivity index (χ2v) is 4.02. The number of carbonyl (C=O) groups is 1. The Hall–Kier alpha value is -0.570. The van der Waals surface area contributed by atoms with E-state index in [0.29, 0.717) is 5.92 Å². The summed E-state index contributed by atoms with van der Waals surface area (Å²) in [5.74, 6) is 0.628. The zero-order valence-corrected chi connectivity index (χ0v) is 8.92. The zero-order chi connectivity index (χ0) is 10.3. The molecule has 0 saturated heterocycles. The molecule has 2 atom stereocenters. The van der Waals surface area contributed by atoms with Gasteiger partial charge < -0.3 is 11.1 Å². The molecule has 0 aliphatic rings. The van der Waals surface area contributed by atoms with Crippen LogP contribution in [-0.2, 0) is 4.79 Å². The molecular weight excluding hydrogens is 164 g/mol. The topological polar surface area (TPSA) is 55.1 Å². The van der Waals surface area contributed by atoms with Crippen LogP contribution in [0, 0.1) is 5.92 Å². The normalized spacial score (nSPS) is 15.5. The van der Waals surface area contributed by atoms with Crippen LogP contribution in [0.25, 0.3) is 0 Å². The highest BCUT2D eigenvalue weighted by Crippen LogP contribution is 2.09. The summed E-state index contributed by atoms with van der Waals surface area (Å²) in [6.45, 7) is 6.38. The zero-order valence-electron chi connectivity index (χ0n) is 8.92. The van der Waals surface area contributed by atoms with E-state index in [1.807, 2.05) is 0 Å². The minimum atomic E-state index is 0.206. The lowest BCUT2D eigenvalue weighted by Gasteiger charge is -2.20. The largest absolute Gasteiger partial charge is 0.356 e. The number of nitrogens with one attached hydrogen (secondary N) is 1. The molecular formula is C10H22N2O. The maximum atomic E-state index is 10.2. The van der Waals surface area contributed by atoms with E-state index in [9.17, 15) is 4.79 Å². The van der Waals surface area contributed by atoms with Gasteiger partial charge in [-0.3, -0.25) is 4.79 Å². The summed E-state index contributed by atoms with van der Waals surface area (Å²) < 4.78 is 0. The quantitative estimate of drug-likeness (QED) is 0.588. The molecule has 0 aliphatic heterocycles. The molecule has 3 N–H and O–H groups in total. The molecule has 0 rings (SSSR count). The van der Waals surface area contributed by atoms with E-state index in [0.717, 1.165) is 25.7 Å². The van der Waals surface area contributed by atoms with E-state index >= 15 is 0 Å². The van der Waals surface area contributed by atoms with Crippen LogP contribution in [0.2, 0.25) is 0 Å². The minimum Gasteiger partial charge on any atom is -0.356 e. The van der Waals surface area contributed by atoms with E-state index in [1.165, 1.54) is 0 Å². The molecule has 3 nitrogen and oxygen atoms in total. The predicted octanol–water partition coefficient (Wildman–Crippen LogP) is 1.27. The Morgan fingerprint density at radius 2 is 2.00 bits per heavy atom. The summed E-state index contributed by atoms with van der Waals surface area (Å²) >= 11 is 0. The Labute approximate surface area is 81.1 Å². The molecule has 0 heterocycles. The van der Waals surface area contributed by atoms with Gasteiger partial charge in [-0.1, -0.05) is 20.8 Å². The van der Waals surface area contributed by atoms with Crippen LogP contribution >= 0.6 is 0 Å². The first kappa shape index (κ1) is 12.4. The van der Waals surface area contributed by atoms with E-state index in [4.69, 9.17) is 5.73 Å². The van der Waals surface area contributed by atoms with Gasteiger partial charge in [-0.2, -0.15) is 0 Å². The van der Waals surface area contributed by atoms with E-state index in [2.05, 4.69) is 26.1 Å². The summed E-state index contributed by atoms with van der Waals surface area (Å²) in [6, 6.07) is 0.448. The van der Waals surface area contributed by atoms with Gasteiger partial charge in [0, 0.05) is 12.1 Å². The van der Waals surface area contributed by atoms with Gasteiger partial charge in [0.15, 0.2) is 0 Å². The van der Waals surface area contributed by atoms with Crippen molar-refractivity contribution in [1.29, 1.82) is 0 Å². The Bertz CT molecular complexity index is 137. The molecule has 1 amide bonds. The summed E-state index contributed by atoms with van der Waals surface area (Å²) in [7, 11) is 0. The second kappa shape index (κ2) is 6.89. The van der Waals surface area contributed by atoms with Gasteiger partial charge in [0.2, 0.25) is 6.41 Å². The van der Waals surface area contributed by atoms with Gasteiger partial charge in [-0.05, 0) is 25.2 Å². The Balaban J connectivity index is 3.71. The van der Waals surface area contributed by atoms with Crippen molar-refractivity contribution in [3.63, 3.8) is 0 Å². The Morgan fingerprint density at radius 1 is 1.38 bits per heavy atom. The molecule has 0 bridgehead atoms. The molecule has 0 aromatic heterocycles. The number of rotatable bonds is 7. The molecule has 0 saturated carbocycles. The highest BCUT2D eigenvalue weighted by atomic mass is 16.1. The monoisotopic (exact) mass is 186 g/mol. The first-order chi connectivity index (χ1) is 6.10. The highest BCUT2D eigenvalue weighted by Gasteiger charge is 2.11. The fourth-order valence-electron chi connectivity index (χ4n) is 1.52. The SMILES string of the molecule is CCC(CC(N)CC(C)C)NC=O. The third-order valence-corrected chi connectivity index (χ3v) is 2.16. The lowest BCUT2D eigenvalue weighted by Crippen LogP contribution is -2.35. The molecule has 0 radical (unpaired) electrons. The highest BCUT2D eigenvalue weighted by molar-refractivity contribution is 5.46.